The number of nitrogens with zero attached hydrogens (tertiary/aromatic N) is 3. The minimum atomic E-state index is 0.597. The molecule has 0 saturated carbocycles. The molecule has 0 unspecified atom stereocenters. The molecule has 5 heteroatoms. The molecule has 0 bridgehead atoms. The standard InChI is InChI=1S/C16H16N4O/c1-21-16-7-3-6-15(19-16)11-20-10-13(9-18-20)12-4-2-5-14(17)8-12/h2-10H,11,17H2,1H3. The Hall–Kier alpha value is -2.82. The average molecular weight is 280 g/mol. The molecule has 3 rings (SSSR count). The van der Waals surface area contributed by atoms with Crippen molar-refractivity contribution in [3.63, 3.8) is 0 Å². The molecular weight excluding hydrogens is 264 g/mol. The number of hydrogen-bond acceptors (Lipinski definition) is 4. The number of pyridine rings is 1. The van der Waals surface area contributed by atoms with E-state index in [0.717, 1.165) is 22.5 Å². The first-order valence-corrected chi connectivity index (χ1v) is 6.63. The van der Waals surface area contributed by atoms with E-state index in [0.29, 0.717) is 12.4 Å². The van der Waals surface area contributed by atoms with E-state index in [9.17, 15) is 0 Å². The highest BCUT2D eigenvalue weighted by Gasteiger charge is 2.04. The average Bonchev–Trinajstić information content (AvgIpc) is 2.96. The predicted octanol–water partition coefficient (Wildman–Crippen LogP) is 2.58. The molecule has 2 N–H and O–H groups in total. The van der Waals surface area contributed by atoms with E-state index < -0.39 is 0 Å². The molecule has 5 nitrogen and oxygen atoms in total. The summed E-state index contributed by atoms with van der Waals surface area (Å²) in [4.78, 5) is 4.38. The van der Waals surface area contributed by atoms with Crippen LogP contribution in [0.1, 0.15) is 5.69 Å². The van der Waals surface area contributed by atoms with Gasteiger partial charge in [0.05, 0.1) is 25.5 Å². The normalized spacial score (nSPS) is 10.5. The van der Waals surface area contributed by atoms with Crippen LogP contribution in [0.2, 0.25) is 0 Å². The van der Waals surface area contributed by atoms with Crippen molar-refractivity contribution in [3.05, 3.63) is 60.6 Å². The second-order valence-corrected chi connectivity index (χ2v) is 4.72. The van der Waals surface area contributed by atoms with Crippen molar-refractivity contribution in [3.8, 4) is 17.0 Å². The molecule has 106 valence electrons. The number of methoxy groups -OCH3 is 1. The van der Waals surface area contributed by atoms with Gasteiger partial charge in [0.1, 0.15) is 0 Å². The zero-order valence-electron chi connectivity index (χ0n) is 11.7. The van der Waals surface area contributed by atoms with Crippen molar-refractivity contribution in [2.24, 2.45) is 0 Å². The van der Waals surface area contributed by atoms with Gasteiger partial charge in [0, 0.05) is 23.5 Å². The van der Waals surface area contributed by atoms with Crippen LogP contribution in [0.25, 0.3) is 11.1 Å². The fraction of sp³-hybridized carbons (Fsp3) is 0.125. The SMILES string of the molecule is COc1cccc(Cn2cc(-c3cccc(N)c3)cn2)n1. The van der Waals surface area contributed by atoms with Gasteiger partial charge in [0.15, 0.2) is 0 Å². The zero-order valence-corrected chi connectivity index (χ0v) is 11.7. The maximum atomic E-state index is 5.81. The lowest BCUT2D eigenvalue weighted by atomic mass is 10.1. The van der Waals surface area contributed by atoms with Gasteiger partial charge in [-0.3, -0.25) is 4.68 Å². The molecule has 0 saturated heterocycles. The third kappa shape index (κ3) is 3.02. The van der Waals surface area contributed by atoms with Crippen molar-refractivity contribution in [1.29, 1.82) is 0 Å². The van der Waals surface area contributed by atoms with Gasteiger partial charge in [0.2, 0.25) is 5.88 Å². The van der Waals surface area contributed by atoms with E-state index in [1.807, 2.05) is 59.5 Å². The van der Waals surface area contributed by atoms with Gasteiger partial charge in [-0.05, 0) is 23.8 Å². The number of benzene rings is 1. The number of nitrogens with two attached hydrogens (primary N) is 1. The molecule has 2 aromatic heterocycles. The summed E-state index contributed by atoms with van der Waals surface area (Å²) in [5, 5.41) is 4.37. The van der Waals surface area contributed by atoms with Crippen LogP contribution in [0.5, 0.6) is 5.88 Å². The Kier molecular flexibility index (Phi) is 3.55. The fourth-order valence-electron chi connectivity index (χ4n) is 2.14. The topological polar surface area (TPSA) is 66.0 Å². The Morgan fingerprint density at radius 2 is 2.00 bits per heavy atom. The Balaban J connectivity index is 1.81. The quantitative estimate of drug-likeness (QED) is 0.746. The lowest BCUT2D eigenvalue weighted by molar-refractivity contribution is 0.395. The molecule has 0 radical (unpaired) electrons. The van der Waals surface area contributed by atoms with Crippen LogP contribution >= 0.6 is 0 Å². The Morgan fingerprint density at radius 3 is 2.81 bits per heavy atom. The van der Waals surface area contributed by atoms with Crippen LogP contribution in [0.15, 0.2) is 54.9 Å². The highest BCUT2D eigenvalue weighted by atomic mass is 16.5. The minimum Gasteiger partial charge on any atom is -0.481 e. The van der Waals surface area contributed by atoms with Crippen LogP contribution in [0.4, 0.5) is 5.69 Å². The van der Waals surface area contributed by atoms with Crippen molar-refractivity contribution >= 4 is 5.69 Å². The molecule has 0 atom stereocenters. The van der Waals surface area contributed by atoms with Gasteiger partial charge < -0.3 is 10.5 Å². The van der Waals surface area contributed by atoms with E-state index in [1.165, 1.54) is 0 Å². The van der Waals surface area contributed by atoms with Crippen molar-refractivity contribution < 1.29 is 4.74 Å². The maximum Gasteiger partial charge on any atom is 0.213 e. The highest BCUT2D eigenvalue weighted by Crippen LogP contribution is 2.21. The first kappa shape index (κ1) is 13.2. The summed E-state index contributed by atoms with van der Waals surface area (Å²) < 4.78 is 6.97. The summed E-state index contributed by atoms with van der Waals surface area (Å²) in [5.74, 6) is 0.607. The smallest absolute Gasteiger partial charge is 0.213 e. The third-order valence-electron chi connectivity index (χ3n) is 3.17. The maximum absolute atomic E-state index is 5.81. The lowest BCUT2D eigenvalue weighted by Gasteiger charge is -2.03. The molecule has 0 fully saturated rings. The number of rotatable bonds is 4. The summed E-state index contributed by atoms with van der Waals surface area (Å²) >= 11 is 0. The van der Waals surface area contributed by atoms with Gasteiger partial charge in [-0.2, -0.15) is 5.10 Å². The predicted molar refractivity (Wildman–Crippen MR) is 82.0 cm³/mol. The fourth-order valence-corrected chi connectivity index (χ4v) is 2.14. The molecule has 0 spiro atoms. The number of ether oxygens (including phenoxy) is 1. The monoisotopic (exact) mass is 280 g/mol. The summed E-state index contributed by atoms with van der Waals surface area (Å²) in [6.07, 6.45) is 3.81. The summed E-state index contributed by atoms with van der Waals surface area (Å²) in [7, 11) is 1.61. The van der Waals surface area contributed by atoms with Crippen molar-refractivity contribution in [2.45, 2.75) is 6.54 Å². The van der Waals surface area contributed by atoms with Crippen LogP contribution in [0.3, 0.4) is 0 Å². The highest BCUT2D eigenvalue weighted by molar-refractivity contribution is 5.65. The first-order chi connectivity index (χ1) is 10.2. The van der Waals surface area contributed by atoms with Gasteiger partial charge in [-0.1, -0.05) is 18.2 Å². The zero-order chi connectivity index (χ0) is 14.7. The number of aromatic nitrogens is 3. The number of anilines is 1. The number of hydrogen-bond donors (Lipinski definition) is 1. The second kappa shape index (κ2) is 5.66. The molecule has 0 aliphatic carbocycles. The van der Waals surface area contributed by atoms with E-state index in [2.05, 4.69) is 10.1 Å². The summed E-state index contributed by atoms with van der Waals surface area (Å²) in [6, 6.07) is 13.4. The molecule has 0 aliphatic rings. The minimum absolute atomic E-state index is 0.597. The van der Waals surface area contributed by atoms with Crippen molar-refractivity contribution in [2.75, 3.05) is 12.8 Å². The van der Waals surface area contributed by atoms with E-state index in [-0.39, 0.29) is 0 Å². The van der Waals surface area contributed by atoms with E-state index in [1.54, 1.807) is 7.11 Å². The Bertz CT molecular complexity index is 751. The molecule has 1 aromatic carbocycles. The van der Waals surface area contributed by atoms with Crippen LogP contribution in [-0.4, -0.2) is 21.9 Å². The van der Waals surface area contributed by atoms with Gasteiger partial charge in [0.25, 0.3) is 0 Å². The Morgan fingerprint density at radius 1 is 1.14 bits per heavy atom. The summed E-state index contributed by atoms with van der Waals surface area (Å²) in [5.41, 5.74) is 9.54. The van der Waals surface area contributed by atoms with E-state index in [4.69, 9.17) is 10.5 Å². The molecular formula is C16H16N4O. The molecule has 0 amide bonds. The van der Waals surface area contributed by atoms with Crippen LogP contribution in [-0.2, 0) is 6.54 Å². The lowest BCUT2D eigenvalue weighted by Crippen LogP contribution is -2.02. The Labute approximate surface area is 123 Å². The van der Waals surface area contributed by atoms with Crippen LogP contribution in [0, 0.1) is 0 Å². The van der Waals surface area contributed by atoms with E-state index >= 15 is 0 Å². The van der Waals surface area contributed by atoms with Gasteiger partial charge >= 0.3 is 0 Å². The molecule has 2 heterocycles. The summed E-state index contributed by atoms with van der Waals surface area (Å²) in [6.45, 7) is 0.597. The molecule has 21 heavy (non-hydrogen) atoms. The van der Waals surface area contributed by atoms with Gasteiger partial charge in [-0.25, -0.2) is 4.98 Å². The molecule has 3 aromatic rings. The van der Waals surface area contributed by atoms with Gasteiger partial charge in [-0.15, -0.1) is 0 Å². The third-order valence-corrected chi connectivity index (χ3v) is 3.17. The first-order valence-electron chi connectivity index (χ1n) is 6.63. The number of nitrogen functional groups attached to an aromatic ring is 1. The second-order valence-electron chi connectivity index (χ2n) is 4.72. The van der Waals surface area contributed by atoms with Crippen LogP contribution < -0.4 is 10.5 Å². The van der Waals surface area contributed by atoms with Crippen molar-refractivity contribution in [1.82, 2.24) is 14.8 Å². The molecule has 0 aliphatic heterocycles. The largest absolute Gasteiger partial charge is 0.481 e.